The first-order valence-electron chi connectivity index (χ1n) is 7.96. The highest BCUT2D eigenvalue weighted by Crippen LogP contribution is 2.35. The van der Waals surface area contributed by atoms with Crippen molar-refractivity contribution in [2.45, 2.75) is 13.8 Å². The van der Waals surface area contributed by atoms with Gasteiger partial charge in [-0.15, -0.1) is 0 Å². The number of thiazole rings is 1. The average molecular weight is 372 g/mol. The van der Waals surface area contributed by atoms with Gasteiger partial charge in [0, 0.05) is 12.1 Å². The summed E-state index contributed by atoms with van der Waals surface area (Å²) >= 11 is 1.44. The lowest BCUT2D eigenvalue weighted by Crippen LogP contribution is -2.13. The molecule has 1 heterocycles. The number of carbonyl (C=O) groups excluding carboxylic acids is 1. The normalized spacial score (nSPS) is 10.7. The molecule has 0 saturated heterocycles. The van der Waals surface area contributed by atoms with Gasteiger partial charge in [0.2, 0.25) is 0 Å². The maximum Gasteiger partial charge on any atom is 0.261 e. The molecule has 2 aromatic carbocycles. The van der Waals surface area contributed by atoms with Crippen molar-refractivity contribution in [2.75, 3.05) is 26.6 Å². The lowest BCUT2D eigenvalue weighted by molar-refractivity contribution is 0.102. The SMILES string of the molecule is COc1cc(OC)c(C(=O)Nc2nc3c(C)cc(C)cc3s2)cc1OC. The van der Waals surface area contributed by atoms with Crippen LogP contribution in [0.2, 0.25) is 0 Å². The maximum atomic E-state index is 12.8. The molecule has 3 aromatic rings. The molecule has 0 saturated carbocycles. The maximum absolute atomic E-state index is 12.8. The fourth-order valence-corrected chi connectivity index (χ4v) is 3.83. The minimum Gasteiger partial charge on any atom is -0.496 e. The van der Waals surface area contributed by atoms with Crippen molar-refractivity contribution in [1.29, 1.82) is 0 Å². The number of anilines is 1. The summed E-state index contributed by atoms with van der Waals surface area (Å²) in [5, 5.41) is 3.39. The highest BCUT2D eigenvalue weighted by atomic mass is 32.1. The van der Waals surface area contributed by atoms with Crippen LogP contribution in [0, 0.1) is 13.8 Å². The van der Waals surface area contributed by atoms with E-state index in [4.69, 9.17) is 14.2 Å². The fraction of sp³-hybridized carbons (Fsp3) is 0.263. The number of hydrogen-bond acceptors (Lipinski definition) is 6. The molecule has 0 unspecified atom stereocenters. The van der Waals surface area contributed by atoms with E-state index < -0.39 is 0 Å². The van der Waals surface area contributed by atoms with Crippen LogP contribution in [0.1, 0.15) is 21.5 Å². The third-order valence-electron chi connectivity index (χ3n) is 4.00. The van der Waals surface area contributed by atoms with Crippen LogP contribution in [0.4, 0.5) is 5.13 Å². The van der Waals surface area contributed by atoms with Gasteiger partial charge in [0.15, 0.2) is 16.6 Å². The lowest BCUT2D eigenvalue weighted by atomic mass is 10.1. The first-order chi connectivity index (χ1) is 12.5. The van der Waals surface area contributed by atoms with Gasteiger partial charge in [0.05, 0.1) is 37.1 Å². The van der Waals surface area contributed by atoms with Crippen molar-refractivity contribution >= 4 is 32.6 Å². The molecule has 136 valence electrons. The van der Waals surface area contributed by atoms with E-state index in [1.54, 1.807) is 12.1 Å². The monoisotopic (exact) mass is 372 g/mol. The van der Waals surface area contributed by atoms with Crippen molar-refractivity contribution in [3.8, 4) is 17.2 Å². The quantitative estimate of drug-likeness (QED) is 0.727. The highest BCUT2D eigenvalue weighted by Gasteiger charge is 2.19. The van der Waals surface area contributed by atoms with Crippen LogP contribution in [0.25, 0.3) is 10.2 Å². The molecule has 0 aliphatic carbocycles. The Labute approximate surface area is 155 Å². The van der Waals surface area contributed by atoms with Crippen LogP contribution in [-0.4, -0.2) is 32.2 Å². The summed E-state index contributed by atoms with van der Waals surface area (Å²) in [6, 6.07) is 7.35. The molecule has 1 aromatic heterocycles. The minimum atomic E-state index is -0.323. The van der Waals surface area contributed by atoms with Crippen LogP contribution in [0.5, 0.6) is 17.2 Å². The summed E-state index contributed by atoms with van der Waals surface area (Å²) in [4.78, 5) is 17.3. The van der Waals surface area contributed by atoms with Crippen molar-refractivity contribution in [3.05, 3.63) is 41.0 Å². The number of aromatic nitrogens is 1. The number of nitrogens with zero attached hydrogens (tertiary/aromatic N) is 1. The van der Waals surface area contributed by atoms with Gasteiger partial charge < -0.3 is 14.2 Å². The van der Waals surface area contributed by atoms with Crippen LogP contribution >= 0.6 is 11.3 Å². The molecular formula is C19H20N2O4S. The Kier molecular flexibility index (Phi) is 4.99. The molecule has 0 fully saturated rings. The molecule has 0 spiro atoms. The number of methoxy groups -OCH3 is 3. The van der Waals surface area contributed by atoms with E-state index in [1.165, 1.54) is 32.7 Å². The molecule has 7 heteroatoms. The van der Waals surface area contributed by atoms with E-state index >= 15 is 0 Å². The van der Waals surface area contributed by atoms with Crippen molar-refractivity contribution in [1.82, 2.24) is 4.98 Å². The van der Waals surface area contributed by atoms with E-state index in [2.05, 4.69) is 22.4 Å². The second-order valence-corrected chi connectivity index (χ2v) is 6.84. The summed E-state index contributed by atoms with van der Waals surface area (Å²) in [6.07, 6.45) is 0. The molecule has 0 aliphatic rings. The average Bonchev–Trinajstić information content (AvgIpc) is 3.02. The second kappa shape index (κ2) is 7.21. The fourth-order valence-electron chi connectivity index (χ4n) is 2.80. The Hall–Kier alpha value is -2.80. The van der Waals surface area contributed by atoms with E-state index in [-0.39, 0.29) is 5.91 Å². The molecular weight excluding hydrogens is 352 g/mol. The summed E-state index contributed by atoms with van der Waals surface area (Å²) in [5.74, 6) is 1.02. The van der Waals surface area contributed by atoms with Gasteiger partial charge in [-0.3, -0.25) is 10.1 Å². The first-order valence-corrected chi connectivity index (χ1v) is 8.77. The second-order valence-electron chi connectivity index (χ2n) is 5.81. The number of benzene rings is 2. The molecule has 1 N–H and O–H groups in total. The summed E-state index contributed by atoms with van der Waals surface area (Å²) in [7, 11) is 4.55. The summed E-state index contributed by atoms with van der Waals surface area (Å²) in [6.45, 7) is 4.05. The predicted molar refractivity (Wildman–Crippen MR) is 103 cm³/mol. The van der Waals surface area contributed by atoms with Crippen molar-refractivity contribution < 1.29 is 19.0 Å². The number of ether oxygens (including phenoxy) is 3. The number of rotatable bonds is 5. The molecule has 0 bridgehead atoms. The number of carbonyl (C=O) groups is 1. The third-order valence-corrected chi connectivity index (χ3v) is 4.92. The Balaban J connectivity index is 1.96. The zero-order valence-electron chi connectivity index (χ0n) is 15.3. The highest BCUT2D eigenvalue weighted by molar-refractivity contribution is 7.22. The van der Waals surface area contributed by atoms with Crippen LogP contribution in [0.3, 0.4) is 0 Å². The van der Waals surface area contributed by atoms with E-state index in [1.807, 2.05) is 13.8 Å². The third kappa shape index (κ3) is 3.30. The van der Waals surface area contributed by atoms with Crippen molar-refractivity contribution in [3.63, 3.8) is 0 Å². The van der Waals surface area contributed by atoms with Crippen molar-refractivity contribution in [2.24, 2.45) is 0 Å². The van der Waals surface area contributed by atoms with Gasteiger partial charge in [-0.2, -0.15) is 0 Å². The summed E-state index contributed by atoms with van der Waals surface area (Å²) < 4.78 is 16.9. The molecule has 0 radical (unpaired) electrons. The topological polar surface area (TPSA) is 69.7 Å². The van der Waals surface area contributed by atoms with Gasteiger partial charge in [-0.25, -0.2) is 4.98 Å². The molecule has 3 rings (SSSR count). The zero-order chi connectivity index (χ0) is 18.8. The van der Waals surface area contributed by atoms with Gasteiger partial charge in [-0.05, 0) is 31.0 Å². The molecule has 0 atom stereocenters. The van der Waals surface area contributed by atoms with Gasteiger partial charge >= 0.3 is 0 Å². The van der Waals surface area contributed by atoms with E-state index in [0.29, 0.717) is 27.9 Å². The molecule has 26 heavy (non-hydrogen) atoms. The van der Waals surface area contributed by atoms with Crippen LogP contribution < -0.4 is 19.5 Å². The number of amides is 1. The van der Waals surface area contributed by atoms with E-state index in [9.17, 15) is 4.79 Å². The van der Waals surface area contributed by atoms with Crippen LogP contribution in [-0.2, 0) is 0 Å². The van der Waals surface area contributed by atoms with Crippen LogP contribution in [0.15, 0.2) is 24.3 Å². The number of fused-ring (bicyclic) bond motifs is 1. The smallest absolute Gasteiger partial charge is 0.261 e. The standard InChI is InChI=1S/C19H20N2O4S/c1-10-6-11(2)17-16(7-10)26-19(20-17)21-18(22)12-8-14(24-4)15(25-5)9-13(12)23-3/h6-9H,1-5H3,(H,20,21,22). The number of nitrogens with one attached hydrogen (secondary N) is 1. The lowest BCUT2D eigenvalue weighted by Gasteiger charge is -2.13. The zero-order valence-corrected chi connectivity index (χ0v) is 16.1. The number of aryl methyl sites for hydroxylation is 2. The van der Waals surface area contributed by atoms with Gasteiger partial charge in [0.25, 0.3) is 5.91 Å². The largest absolute Gasteiger partial charge is 0.496 e. The Morgan fingerprint density at radius 3 is 2.27 bits per heavy atom. The first kappa shape index (κ1) is 18.0. The Morgan fingerprint density at radius 2 is 1.62 bits per heavy atom. The number of hydrogen-bond donors (Lipinski definition) is 1. The predicted octanol–water partition coefficient (Wildman–Crippen LogP) is 4.19. The molecule has 1 amide bonds. The molecule has 0 aliphatic heterocycles. The minimum absolute atomic E-state index is 0.323. The van der Waals surface area contributed by atoms with Gasteiger partial charge in [0.1, 0.15) is 5.75 Å². The van der Waals surface area contributed by atoms with Gasteiger partial charge in [-0.1, -0.05) is 17.4 Å². The Morgan fingerprint density at radius 1 is 0.962 bits per heavy atom. The van der Waals surface area contributed by atoms with E-state index in [0.717, 1.165) is 21.3 Å². The Bertz CT molecular complexity index is 981. The molecule has 6 nitrogen and oxygen atoms in total. The summed E-state index contributed by atoms with van der Waals surface area (Å²) in [5.41, 5.74) is 3.49.